The van der Waals surface area contributed by atoms with Crippen molar-refractivity contribution in [2.45, 2.75) is 64.4 Å². The van der Waals surface area contributed by atoms with Crippen LogP contribution in [0.15, 0.2) is 36.4 Å². The molecule has 3 amide bonds. The molecule has 2 fully saturated rings. The van der Waals surface area contributed by atoms with Crippen LogP contribution in [0.3, 0.4) is 0 Å². The second kappa shape index (κ2) is 9.99. The quantitative estimate of drug-likeness (QED) is 0.604. The zero-order valence-corrected chi connectivity index (χ0v) is 19.2. The van der Waals surface area contributed by atoms with Gasteiger partial charge in [0.25, 0.3) is 5.91 Å². The number of carbonyl (C=O) groups is 3. The Balaban J connectivity index is 1.51. The third kappa shape index (κ3) is 4.99. The normalized spacial score (nSPS) is 41.0. The van der Waals surface area contributed by atoms with E-state index in [0.717, 1.165) is 38.1 Å². The van der Waals surface area contributed by atoms with Crippen LogP contribution in [0.4, 0.5) is 4.39 Å². The molecule has 36 heavy (non-hydrogen) atoms. The number of hydrogen-bond acceptors (Lipinski definition) is 6. The molecule has 0 aliphatic carbocycles. The molecule has 3 aliphatic heterocycles. The highest BCUT2D eigenvalue weighted by molar-refractivity contribution is 6.05. The Morgan fingerprint density at radius 3 is 2.72 bits per heavy atom. The van der Waals surface area contributed by atoms with Gasteiger partial charge in [0, 0.05) is 50.8 Å². The predicted molar refractivity (Wildman–Crippen MR) is 129 cm³/mol. The Kier molecular flexibility index (Phi) is 3.69. The van der Waals surface area contributed by atoms with Crippen molar-refractivity contribution in [1.29, 1.82) is 0 Å². The summed E-state index contributed by atoms with van der Waals surface area (Å²) in [5.41, 5.74) is -2.58. The molecule has 0 bridgehead atoms. The van der Waals surface area contributed by atoms with Gasteiger partial charge in [0.2, 0.25) is 11.8 Å². The lowest BCUT2D eigenvalue weighted by atomic mass is 10.0. The highest BCUT2D eigenvalue weighted by Crippen LogP contribution is 2.34. The molecule has 9 heteroatoms. The van der Waals surface area contributed by atoms with Crippen molar-refractivity contribution < 1.29 is 46.1 Å². The molecule has 0 saturated carbocycles. The standard InChI is InChI=1S/C27H30FN3O5/c1-16-11-30(12-17(2)36-16)13-18-6-7-19(22(28)10-18)15-35-24-5-3-4-20-21(24)14-31(27(20)34)23-8-9-25(32)29-26(23)33/h3-7,10,16-17,23H,8-9,11-15H2,1-2H3,(H,29,32,33)/i11D2,12D2,13D2,14D2,15D2,16D,17D,23D. The molecule has 190 valence electrons. The van der Waals surface area contributed by atoms with Crippen molar-refractivity contribution in [2.75, 3.05) is 13.0 Å². The molecule has 3 aliphatic rings. The van der Waals surface area contributed by atoms with E-state index in [-0.39, 0.29) is 11.3 Å². The molecule has 2 saturated heterocycles. The predicted octanol–water partition coefficient (Wildman–Crippen LogP) is 2.77. The zero-order chi connectivity index (χ0) is 37.1. The van der Waals surface area contributed by atoms with E-state index in [9.17, 15) is 14.4 Å². The first-order valence-corrected chi connectivity index (χ1v) is 10.9. The molecule has 1 N–H and O–H groups in total. The maximum atomic E-state index is 15.7. The number of piperidine rings is 1. The lowest BCUT2D eigenvalue weighted by molar-refractivity contribution is -0.136. The van der Waals surface area contributed by atoms with Gasteiger partial charge in [-0.25, -0.2) is 4.39 Å². The van der Waals surface area contributed by atoms with E-state index < -0.39 is 109 Å². The van der Waals surface area contributed by atoms with Gasteiger partial charge in [0.05, 0.1) is 28.3 Å². The fourth-order valence-corrected chi connectivity index (χ4v) is 3.78. The molecule has 0 aromatic heterocycles. The summed E-state index contributed by atoms with van der Waals surface area (Å²) >= 11 is 0. The second-order valence-corrected chi connectivity index (χ2v) is 8.04. The van der Waals surface area contributed by atoms with Crippen molar-refractivity contribution in [1.82, 2.24) is 15.1 Å². The van der Waals surface area contributed by atoms with Gasteiger partial charge in [-0.1, -0.05) is 18.2 Å². The molecule has 3 unspecified atom stereocenters. The van der Waals surface area contributed by atoms with Crippen molar-refractivity contribution in [3.63, 3.8) is 0 Å². The number of nitrogens with zero attached hydrogens (tertiary/aromatic N) is 2. The molecule has 0 radical (unpaired) electrons. The summed E-state index contributed by atoms with van der Waals surface area (Å²) in [6, 6.07) is 2.84. The molecular formula is C27H30FN3O5. The molecular weight excluding hydrogens is 465 g/mol. The number of fused-ring (bicyclic) bond motifs is 1. The molecule has 2 aromatic rings. The van der Waals surface area contributed by atoms with Gasteiger partial charge < -0.3 is 14.4 Å². The summed E-state index contributed by atoms with van der Waals surface area (Å²) in [5.74, 6) is -5.17. The summed E-state index contributed by atoms with van der Waals surface area (Å²) in [7, 11) is 0. The molecule has 8 nitrogen and oxygen atoms in total. The van der Waals surface area contributed by atoms with Gasteiger partial charge in [0.15, 0.2) is 0 Å². The van der Waals surface area contributed by atoms with Gasteiger partial charge >= 0.3 is 0 Å². The number of halogens is 1. The van der Waals surface area contributed by atoms with Gasteiger partial charge in [-0.15, -0.1) is 0 Å². The minimum absolute atomic E-state index is 0.0459. The number of nitrogens with one attached hydrogen (secondary N) is 1. The number of hydrogen-bond donors (Lipinski definition) is 1. The van der Waals surface area contributed by atoms with Crippen LogP contribution in [0.5, 0.6) is 5.75 Å². The van der Waals surface area contributed by atoms with Crippen LogP contribution in [-0.4, -0.2) is 58.7 Å². The maximum absolute atomic E-state index is 15.7. The minimum atomic E-state index is -3.27. The average molecular weight is 509 g/mol. The number of benzene rings is 2. The second-order valence-electron chi connectivity index (χ2n) is 8.04. The Hall–Kier alpha value is -3.30. The van der Waals surface area contributed by atoms with E-state index >= 15 is 4.39 Å². The monoisotopic (exact) mass is 508 g/mol. The summed E-state index contributed by atoms with van der Waals surface area (Å²) in [5, 5.41) is 1.91. The van der Waals surface area contributed by atoms with Gasteiger partial charge in [-0.05, 0) is 44.0 Å². The van der Waals surface area contributed by atoms with Crippen LogP contribution >= 0.6 is 0 Å². The number of amides is 3. The number of carbonyl (C=O) groups excluding carboxylic acids is 3. The highest BCUT2D eigenvalue weighted by atomic mass is 19.1. The third-order valence-electron chi connectivity index (χ3n) is 5.38. The molecule has 2 aromatic carbocycles. The largest absolute Gasteiger partial charge is 0.488 e. The van der Waals surface area contributed by atoms with Gasteiger partial charge in [0.1, 0.15) is 24.1 Å². The van der Waals surface area contributed by atoms with Crippen LogP contribution in [0, 0.1) is 5.82 Å². The van der Waals surface area contributed by atoms with Crippen molar-refractivity contribution in [2.24, 2.45) is 0 Å². The molecule has 5 rings (SSSR count). The topological polar surface area (TPSA) is 88.2 Å². The van der Waals surface area contributed by atoms with E-state index in [1.807, 2.05) is 5.32 Å². The third-order valence-corrected chi connectivity index (χ3v) is 5.38. The van der Waals surface area contributed by atoms with E-state index in [2.05, 4.69) is 0 Å². The van der Waals surface area contributed by atoms with Crippen LogP contribution in [0.2, 0.25) is 0 Å². The van der Waals surface area contributed by atoms with Gasteiger partial charge in [-0.3, -0.25) is 24.6 Å². The van der Waals surface area contributed by atoms with Crippen molar-refractivity contribution in [3.05, 3.63) is 64.5 Å². The summed E-state index contributed by atoms with van der Waals surface area (Å²) in [4.78, 5) is 38.0. The zero-order valence-electron chi connectivity index (χ0n) is 32.2. The van der Waals surface area contributed by atoms with E-state index in [0.29, 0.717) is 11.0 Å². The smallest absolute Gasteiger partial charge is 0.255 e. The Morgan fingerprint density at radius 1 is 1.22 bits per heavy atom. The highest BCUT2D eigenvalue weighted by Gasteiger charge is 2.40. The van der Waals surface area contributed by atoms with Crippen molar-refractivity contribution in [3.8, 4) is 5.75 Å². The number of rotatable bonds is 6. The average Bonchev–Trinajstić information content (AvgIpc) is 3.14. The van der Waals surface area contributed by atoms with E-state index in [4.69, 9.17) is 27.3 Å². The molecule has 0 spiro atoms. The Morgan fingerprint density at radius 2 is 2.00 bits per heavy atom. The Labute approximate surface area is 227 Å². The van der Waals surface area contributed by atoms with E-state index in [1.165, 1.54) is 6.07 Å². The Bertz CT molecular complexity index is 1750. The first kappa shape index (κ1) is 13.3. The summed E-state index contributed by atoms with van der Waals surface area (Å²) in [6.07, 6.45) is -6.26. The first-order valence-electron chi connectivity index (χ1n) is 17.4. The lowest BCUT2D eigenvalue weighted by Crippen LogP contribution is -2.52. The van der Waals surface area contributed by atoms with E-state index in [1.54, 1.807) is 0 Å². The summed E-state index contributed by atoms with van der Waals surface area (Å²) < 4.78 is 137. The van der Waals surface area contributed by atoms with Crippen molar-refractivity contribution >= 4 is 17.7 Å². The van der Waals surface area contributed by atoms with Crippen LogP contribution in [0.1, 0.15) is 71.6 Å². The first-order chi connectivity index (χ1) is 22.1. The fourth-order valence-electron chi connectivity index (χ4n) is 3.78. The fraction of sp³-hybridized carbons (Fsp3) is 0.444. The molecule has 3 heterocycles. The molecule has 3 atom stereocenters. The van der Waals surface area contributed by atoms with Gasteiger partial charge in [-0.2, -0.15) is 0 Å². The SMILES string of the molecule is [2H]C([2H])(Oc1cccc2c1C([2H])([2H])N(C1([2H])CCC(=O)NC1=O)C2=O)c1ccc(C([2H])([2H])N2C([2H])([2H])C([2H])(C)OC([2H])(C)C2([2H])[2H])cc1F. The van der Waals surface area contributed by atoms with Crippen LogP contribution < -0.4 is 10.1 Å². The minimum Gasteiger partial charge on any atom is -0.488 e. The lowest BCUT2D eigenvalue weighted by Gasteiger charge is -2.35. The summed E-state index contributed by atoms with van der Waals surface area (Å²) in [6.45, 7) is -14.1. The number of imide groups is 1. The number of morpholine rings is 1. The van der Waals surface area contributed by atoms with Crippen LogP contribution in [0.25, 0.3) is 0 Å². The van der Waals surface area contributed by atoms with Crippen LogP contribution in [-0.2, 0) is 33.9 Å². The maximum Gasteiger partial charge on any atom is 0.255 e. The number of ether oxygens (including phenoxy) is 2.